The van der Waals surface area contributed by atoms with Gasteiger partial charge in [0, 0.05) is 32.1 Å². The van der Waals surface area contributed by atoms with Gasteiger partial charge in [-0.05, 0) is 31.5 Å². The van der Waals surface area contributed by atoms with E-state index in [9.17, 15) is 9.90 Å². The number of methoxy groups -OCH3 is 1. The Morgan fingerprint density at radius 3 is 2.61 bits per heavy atom. The third-order valence-corrected chi connectivity index (χ3v) is 3.91. The standard InChI is InChI=1S/C17H21ClN2O3/c1-12(21)6-9-19(2)17(22)13-10-14(18)15(11-16(13)23-3)20-7-4-5-8-20/h4-5,7-8,10-12,21H,6,9H2,1-3H3. The van der Waals surface area contributed by atoms with Crippen LogP contribution >= 0.6 is 11.6 Å². The van der Waals surface area contributed by atoms with Gasteiger partial charge in [0.15, 0.2) is 0 Å². The quantitative estimate of drug-likeness (QED) is 0.882. The number of carbonyl (C=O) groups is 1. The number of amides is 1. The van der Waals surface area contributed by atoms with Gasteiger partial charge in [-0.25, -0.2) is 0 Å². The van der Waals surface area contributed by atoms with Crippen LogP contribution in [0.25, 0.3) is 5.69 Å². The van der Waals surface area contributed by atoms with Crippen LogP contribution in [0.5, 0.6) is 5.75 Å². The molecule has 6 heteroatoms. The lowest BCUT2D eigenvalue weighted by Gasteiger charge is -2.20. The molecule has 2 aromatic rings. The number of aromatic nitrogens is 1. The first kappa shape index (κ1) is 17.4. The van der Waals surface area contributed by atoms with E-state index in [0.717, 1.165) is 5.69 Å². The van der Waals surface area contributed by atoms with Gasteiger partial charge in [-0.3, -0.25) is 4.79 Å². The molecule has 0 bridgehead atoms. The highest BCUT2D eigenvalue weighted by molar-refractivity contribution is 6.33. The van der Waals surface area contributed by atoms with E-state index in [4.69, 9.17) is 16.3 Å². The summed E-state index contributed by atoms with van der Waals surface area (Å²) in [4.78, 5) is 14.1. The maximum Gasteiger partial charge on any atom is 0.257 e. The maximum atomic E-state index is 12.6. The Morgan fingerprint density at radius 1 is 1.39 bits per heavy atom. The molecule has 1 N–H and O–H groups in total. The Bertz CT molecular complexity index is 669. The first-order chi connectivity index (χ1) is 10.9. The molecule has 0 saturated heterocycles. The summed E-state index contributed by atoms with van der Waals surface area (Å²) in [5.74, 6) is 0.274. The maximum absolute atomic E-state index is 12.6. The van der Waals surface area contributed by atoms with Crippen LogP contribution in [0.1, 0.15) is 23.7 Å². The molecular weight excluding hydrogens is 316 g/mol. The summed E-state index contributed by atoms with van der Waals surface area (Å²) in [6, 6.07) is 7.16. The molecule has 0 aliphatic rings. The Hall–Kier alpha value is -1.98. The Morgan fingerprint density at radius 2 is 2.04 bits per heavy atom. The third kappa shape index (κ3) is 4.06. The van der Waals surface area contributed by atoms with Crippen LogP contribution < -0.4 is 4.74 Å². The molecule has 5 nitrogen and oxygen atoms in total. The molecule has 1 heterocycles. The molecule has 1 amide bonds. The van der Waals surface area contributed by atoms with Gasteiger partial charge in [0.2, 0.25) is 0 Å². The van der Waals surface area contributed by atoms with E-state index >= 15 is 0 Å². The first-order valence-electron chi connectivity index (χ1n) is 7.38. The van der Waals surface area contributed by atoms with Crippen molar-refractivity contribution < 1.29 is 14.6 Å². The van der Waals surface area contributed by atoms with E-state index in [1.807, 2.05) is 29.1 Å². The van der Waals surface area contributed by atoms with Crippen LogP contribution in [-0.2, 0) is 0 Å². The van der Waals surface area contributed by atoms with Gasteiger partial charge in [0.1, 0.15) is 5.75 Å². The molecule has 1 aromatic carbocycles. The smallest absolute Gasteiger partial charge is 0.257 e. The number of halogens is 1. The number of nitrogens with zero attached hydrogens (tertiary/aromatic N) is 2. The van der Waals surface area contributed by atoms with Gasteiger partial charge in [0.05, 0.1) is 29.5 Å². The van der Waals surface area contributed by atoms with Crippen molar-refractivity contribution in [2.75, 3.05) is 20.7 Å². The van der Waals surface area contributed by atoms with Crippen LogP contribution in [0.4, 0.5) is 0 Å². The highest BCUT2D eigenvalue weighted by Crippen LogP contribution is 2.30. The predicted octanol–water partition coefficient (Wildman–Crippen LogP) is 2.98. The van der Waals surface area contributed by atoms with Gasteiger partial charge in [-0.1, -0.05) is 11.6 Å². The number of carbonyl (C=O) groups excluding carboxylic acids is 1. The fourth-order valence-corrected chi connectivity index (χ4v) is 2.52. The molecule has 0 aliphatic heterocycles. The molecule has 124 valence electrons. The number of hydrogen-bond donors (Lipinski definition) is 1. The number of aliphatic hydroxyl groups excluding tert-OH is 1. The zero-order valence-electron chi connectivity index (χ0n) is 13.5. The molecule has 23 heavy (non-hydrogen) atoms. The minimum atomic E-state index is -0.452. The third-order valence-electron chi connectivity index (χ3n) is 3.61. The van der Waals surface area contributed by atoms with Crippen molar-refractivity contribution >= 4 is 17.5 Å². The lowest BCUT2D eigenvalue weighted by atomic mass is 10.1. The van der Waals surface area contributed by atoms with Gasteiger partial charge in [-0.2, -0.15) is 0 Å². The SMILES string of the molecule is COc1cc(-n2cccc2)c(Cl)cc1C(=O)N(C)CCC(C)O. The largest absolute Gasteiger partial charge is 0.496 e. The minimum absolute atomic E-state index is 0.191. The first-order valence-corrected chi connectivity index (χ1v) is 7.76. The predicted molar refractivity (Wildman–Crippen MR) is 90.6 cm³/mol. The second-order valence-corrected chi connectivity index (χ2v) is 5.87. The summed E-state index contributed by atoms with van der Waals surface area (Å²) in [7, 11) is 3.22. The summed E-state index contributed by atoms with van der Waals surface area (Å²) in [5, 5.41) is 9.82. The number of hydrogen-bond acceptors (Lipinski definition) is 3. The summed E-state index contributed by atoms with van der Waals surface area (Å²) >= 11 is 6.34. The molecule has 0 fully saturated rings. The van der Waals surface area contributed by atoms with Gasteiger partial charge in [0.25, 0.3) is 5.91 Å². The Kier molecular flexibility index (Phi) is 5.69. The van der Waals surface area contributed by atoms with Crippen molar-refractivity contribution in [2.45, 2.75) is 19.4 Å². The Balaban J connectivity index is 2.32. The number of rotatable bonds is 6. The van der Waals surface area contributed by atoms with Crippen molar-refractivity contribution in [3.05, 3.63) is 47.2 Å². The van der Waals surface area contributed by atoms with E-state index < -0.39 is 6.10 Å². The normalized spacial score (nSPS) is 12.0. The van der Waals surface area contributed by atoms with E-state index in [1.165, 1.54) is 7.11 Å². The Labute approximate surface area is 141 Å². The van der Waals surface area contributed by atoms with Gasteiger partial charge in [-0.15, -0.1) is 0 Å². The van der Waals surface area contributed by atoms with Gasteiger partial charge >= 0.3 is 0 Å². The van der Waals surface area contributed by atoms with Crippen molar-refractivity contribution in [1.29, 1.82) is 0 Å². The van der Waals surface area contributed by atoms with Crippen LogP contribution in [0.2, 0.25) is 5.02 Å². The zero-order valence-corrected chi connectivity index (χ0v) is 14.2. The molecule has 2 rings (SSSR count). The molecule has 1 atom stereocenters. The molecule has 0 spiro atoms. The highest BCUT2D eigenvalue weighted by atomic mass is 35.5. The fraction of sp³-hybridized carbons (Fsp3) is 0.353. The average Bonchev–Trinajstić information content (AvgIpc) is 3.05. The summed E-state index contributed by atoms with van der Waals surface area (Å²) in [6.45, 7) is 2.15. The number of benzene rings is 1. The molecule has 0 aliphatic carbocycles. The summed E-state index contributed by atoms with van der Waals surface area (Å²) in [6.07, 6.45) is 3.81. The second kappa shape index (κ2) is 7.53. The summed E-state index contributed by atoms with van der Waals surface area (Å²) < 4.78 is 7.22. The number of ether oxygens (including phenoxy) is 1. The number of aliphatic hydroxyl groups is 1. The topological polar surface area (TPSA) is 54.7 Å². The van der Waals surface area contributed by atoms with Crippen molar-refractivity contribution in [3.8, 4) is 11.4 Å². The lowest BCUT2D eigenvalue weighted by Crippen LogP contribution is -2.29. The molecular formula is C17H21ClN2O3. The van der Waals surface area contributed by atoms with Crippen LogP contribution in [0.15, 0.2) is 36.7 Å². The van der Waals surface area contributed by atoms with E-state index in [2.05, 4.69) is 0 Å². The van der Waals surface area contributed by atoms with E-state index in [0.29, 0.717) is 29.3 Å². The van der Waals surface area contributed by atoms with Crippen LogP contribution in [-0.4, -0.2) is 47.3 Å². The zero-order chi connectivity index (χ0) is 17.0. The fourth-order valence-electron chi connectivity index (χ4n) is 2.26. The van der Waals surface area contributed by atoms with Crippen molar-refractivity contribution in [1.82, 2.24) is 9.47 Å². The highest BCUT2D eigenvalue weighted by Gasteiger charge is 2.20. The molecule has 0 saturated carbocycles. The second-order valence-electron chi connectivity index (χ2n) is 5.46. The van der Waals surface area contributed by atoms with Crippen molar-refractivity contribution in [2.24, 2.45) is 0 Å². The molecule has 0 radical (unpaired) electrons. The van der Waals surface area contributed by atoms with E-state index in [1.54, 1.807) is 31.0 Å². The van der Waals surface area contributed by atoms with E-state index in [-0.39, 0.29) is 5.91 Å². The monoisotopic (exact) mass is 336 g/mol. The average molecular weight is 337 g/mol. The summed E-state index contributed by atoms with van der Waals surface area (Å²) in [5.41, 5.74) is 1.15. The van der Waals surface area contributed by atoms with Crippen LogP contribution in [0.3, 0.4) is 0 Å². The van der Waals surface area contributed by atoms with Crippen LogP contribution in [0, 0.1) is 0 Å². The minimum Gasteiger partial charge on any atom is -0.496 e. The molecule has 1 unspecified atom stereocenters. The van der Waals surface area contributed by atoms with Gasteiger partial charge < -0.3 is 19.3 Å². The lowest BCUT2D eigenvalue weighted by molar-refractivity contribution is 0.0765. The molecule has 1 aromatic heterocycles. The van der Waals surface area contributed by atoms with Crippen molar-refractivity contribution in [3.63, 3.8) is 0 Å².